The van der Waals surface area contributed by atoms with Crippen molar-refractivity contribution in [3.05, 3.63) is 76.9 Å². The quantitative estimate of drug-likeness (QED) is 0.314. The van der Waals surface area contributed by atoms with Gasteiger partial charge in [0.15, 0.2) is 0 Å². The Bertz CT molecular complexity index is 1010. The fourth-order valence-electron chi connectivity index (χ4n) is 2.99. The number of ether oxygens (including phenoxy) is 1. The van der Waals surface area contributed by atoms with Crippen molar-refractivity contribution in [2.45, 2.75) is 19.9 Å². The Morgan fingerprint density at radius 2 is 1.90 bits per heavy atom. The predicted octanol–water partition coefficient (Wildman–Crippen LogP) is 4.75. The Hall–Kier alpha value is -2.93. The molecular formula is C24H27ClN4O2. The van der Waals surface area contributed by atoms with Gasteiger partial charge in [0.05, 0.1) is 28.7 Å². The molecule has 0 aliphatic carbocycles. The van der Waals surface area contributed by atoms with Crippen molar-refractivity contribution in [2.24, 2.45) is 0 Å². The largest absolute Gasteiger partial charge is 0.397 e. The highest BCUT2D eigenvalue weighted by Gasteiger charge is 2.11. The van der Waals surface area contributed by atoms with Gasteiger partial charge in [0.25, 0.3) is 5.91 Å². The number of rotatable bonds is 10. The van der Waals surface area contributed by atoms with Crippen LogP contribution in [0.3, 0.4) is 0 Å². The lowest BCUT2D eigenvalue weighted by Crippen LogP contribution is -2.19. The molecule has 7 heteroatoms. The van der Waals surface area contributed by atoms with Crippen molar-refractivity contribution in [2.75, 3.05) is 30.8 Å². The summed E-state index contributed by atoms with van der Waals surface area (Å²) in [7, 11) is 0. The molecule has 1 aromatic heterocycles. The van der Waals surface area contributed by atoms with E-state index in [-0.39, 0.29) is 5.91 Å². The van der Waals surface area contributed by atoms with Crippen LogP contribution in [0.1, 0.15) is 29.3 Å². The Morgan fingerprint density at radius 1 is 1.13 bits per heavy atom. The Morgan fingerprint density at radius 3 is 2.61 bits per heavy atom. The first kappa shape index (κ1) is 22.7. The number of pyridine rings is 1. The second-order valence-electron chi connectivity index (χ2n) is 7.08. The zero-order chi connectivity index (χ0) is 22.1. The third-order valence-electron chi connectivity index (χ3n) is 4.63. The molecule has 6 nitrogen and oxygen atoms in total. The molecule has 0 saturated carbocycles. The lowest BCUT2D eigenvalue weighted by atomic mass is 10.1. The van der Waals surface area contributed by atoms with E-state index in [9.17, 15) is 4.79 Å². The Kier molecular flexibility index (Phi) is 8.41. The second-order valence-corrected chi connectivity index (χ2v) is 7.49. The molecule has 0 unspecified atom stereocenters. The number of para-hydroxylation sites is 2. The fourth-order valence-corrected chi connectivity index (χ4v) is 3.29. The summed E-state index contributed by atoms with van der Waals surface area (Å²) in [6, 6.07) is 16.2. The van der Waals surface area contributed by atoms with Crippen LogP contribution in [-0.4, -0.2) is 30.6 Å². The predicted molar refractivity (Wildman–Crippen MR) is 126 cm³/mol. The summed E-state index contributed by atoms with van der Waals surface area (Å²) in [4.78, 5) is 17.0. The Labute approximate surface area is 187 Å². The van der Waals surface area contributed by atoms with Crippen molar-refractivity contribution in [3.63, 3.8) is 0 Å². The minimum Gasteiger partial charge on any atom is -0.397 e. The minimum absolute atomic E-state index is 0.229. The number of nitrogens with two attached hydrogens (primary N) is 1. The van der Waals surface area contributed by atoms with Gasteiger partial charge in [0.2, 0.25) is 0 Å². The Balaban J connectivity index is 1.60. The average Bonchev–Trinajstić information content (AvgIpc) is 2.78. The molecule has 0 radical (unpaired) electrons. The molecule has 0 bridgehead atoms. The lowest BCUT2D eigenvalue weighted by Gasteiger charge is -2.10. The number of benzene rings is 2. The van der Waals surface area contributed by atoms with E-state index in [0.29, 0.717) is 40.8 Å². The van der Waals surface area contributed by atoms with Crippen LogP contribution in [0.25, 0.3) is 11.3 Å². The van der Waals surface area contributed by atoms with Crippen LogP contribution >= 0.6 is 11.6 Å². The molecule has 0 saturated heterocycles. The number of amides is 1. The maximum Gasteiger partial charge on any atom is 0.255 e. The number of anilines is 2. The van der Waals surface area contributed by atoms with Gasteiger partial charge in [-0.25, -0.2) is 0 Å². The first-order valence-corrected chi connectivity index (χ1v) is 10.7. The van der Waals surface area contributed by atoms with E-state index in [1.807, 2.05) is 30.3 Å². The highest BCUT2D eigenvalue weighted by molar-refractivity contribution is 6.33. The summed E-state index contributed by atoms with van der Waals surface area (Å²) in [5.74, 6) is -0.229. The number of halogens is 1. The zero-order valence-electron chi connectivity index (χ0n) is 17.5. The van der Waals surface area contributed by atoms with Gasteiger partial charge in [-0.05, 0) is 42.3 Å². The molecule has 31 heavy (non-hydrogen) atoms. The van der Waals surface area contributed by atoms with Gasteiger partial charge in [-0.2, -0.15) is 0 Å². The second kappa shape index (κ2) is 11.5. The molecule has 3 rings (SSSR count). The molecule has 0 spiro atoms. The van der Waals surface area contributed by atoms with Gasteiger partial charge in [-0.3, -0.25) is 9.78 Å². The number of nitrogens with zero attached hydrogens (tertiary/aromatic N) is 1. The molecular weight excluding hydrogens is 412 g/mol. The van der Waals surface area contributed by atoms with Gasteiger partial charge in [0.1, 0.15) is 0 Å². The molecule has 0 aliphatic heterocycles. The standard InChI is InChI=1S/C24H27ClN4O2/c1-2-12-31-13-11-27-15-17-14-20(25)23(28-16-17)18-7-9-19(10-8-18)24(30)29-22-6-4-3-5-21(22)26/h3-10,14,16,27H,2,11-13,15,26H2,1H3,(H,29,30). The monoisotopic (exact) mass is 438 g/mol. The van der Waals surface area contributed by atoms with Crippen molar-refractivity contribution in [1.82, 2.24) is 10.3 Å². The summed E-state index contributed by atoms with van der Waals surface area (Å²) >= 11 is 6.46. The van der Waals surface area contributed by atoms with Crippen LogP contribution in [0.15, 0.2) is 60.8 Å². The van der Waals surface area contributed by atoms with Crippen LogP contribution in [0.4, 0.5) is 11.4 Å². The van der Waals surface area contributed by atoms with Crippen molar-refractivity contribution < 1.29 is 9.53 Å². The van der Waals surface area contributed by atoms with Crippen molar-refractivity contribution >= 4 is 28.9 Å². The number of carbonyl (C=O) groups excluding carboxylic acids is 1. The molecule has 1 amide bonds. The van der Waals surface area contributed by atoms with Gasteiger partial charge in [-0.15, -0.1) is 0 Å². The normalized spacial score (nSPS) is 10.8. The highest BCUT2D eigenvalue weighted by Crippen LogP contribution is 2.27. The maximum absolute atomic E-state index is 12.5. The molecule has 1 heterocycles. The SMILES string of the molecule is CCCOCCNCc1cnc(-c2ccc(C(=O)Nc3ccccc3N)cc2)c(Cl)c1. The first-order valence-electron chi connectivity index (χ1n) is 10.3. The average molecular weight is 439 g/mol. The maximum atomic E-state index is 12.5. The summed E-state index contributed by atoms with van der Waals surface area (Å²) in [5.41, 5.74) is 10.0. The molecule has 162 valence electrons. The van der Waals surface area contributed by atoms with E-state index in [1.165, 1.54) is 0 Å². The number of carbonyl (C=O) groups is 1. The molecule has 4 N–H and O–H groups in total. The number of hydrogen-bond donors (Lipinski definition) is 3. The van der Waals surface area contributed by atoms with E-state index in [2.05, 4.69) is 22.5 Å². The van der Waals surface area contributed by atoms with Crippen molar-refractivity contribution in [3.8, 4) is 11.3 Å². The third kappa shape index (κ3) is 6.52. The fraction of sp³-hybridized carbons (Fsp3) is 0.250. The van der Waals surface area contributed by atoms with E-state index in [1.54, 1.807) is 30.5 Å². The van der Waals surface area contributed by atoms with Crippen LogP contribution in [-0.2, 0) is 11.3 Å². The summed E-state index contributed by atoms with van der Waals surface area (Å²) in [5, 5.41) is 6.70. The van der Waals surface area contributed by atoms with Gasteiger partial charge < -0.3 is 21.1 Å². The van der Waals surface area contributed by atoms with Gasteiger partial charge in [-0.1, -0.05) is 42.8 Å². The van der Waals surface area contributed by atoms with Crippen molar-refractivity contribution in [1.29, 1.82) is 0 Å². The van der Waals surface area contributed by atoms with E-state index in [0.717, 1.165) is 30.7 Å². The van der Waals surface area contributed by atoms with Gasteiger partial charge in [0, 0.05) is 37.0 Å². The molecule has 0 aliphatic rings. The molecule has 0 atom stereocenters. The molecule has 3 aromatic rings. The number of nitrogens with one attached hydrogen (secondary N) is 2. The number of hydrogen-bond acceptors (Lipinski definition) is 5. The summed E-state index contributed by atoms with van der Waals surface area (Å²) < 4.78 is 5.45. The van der Waals surface area contributed by atoms with E-state index >= 15 is 0 Å². The van der Waals surface area contributed by atoms with E-state index < -0.39 is 0 Å². The van der Waals surface area contributed by atoms with Gasteiger partial charge >= 0.3 is 0 Å². The highest BCUT2D eigenvalue weighted by atomic mass is 35.5. The van der Waals surface area contributed by atoms with Crippen LogP contribution in [0.2, 0.25) is 5.02 Å². The van der Waals surface area contributed by atoms with Crippen LogP contribution in [0, 0.1) is 0 Å². The van der Waals surface area contributed by atoms with Crippen LogP contribution in [0.5, 0.6) is 0 Å². The van der Waals surface area contributed by atoms with Crippen LogP contribution < -0.4 is 16.4 Å². The molecule has 2 aromatic carbocycles. The minimum atomic E-state index is -0.229. The lowest BCUT2D eigenvalue weighted by molar-refractivity contribution is 0.102. The molecule has 0 fully saturated rings. The third-order valence-corrected chi connectivity index (χ3v) is 4.92. The van der Waals surface area contributed by atoms with E-state index in [4.69, 9.17) is 22.1 Å². The number of aromatic nitrogens is 1. The smallest absolute Gasteiger partial charge is 0.255 e. The first-order chi connectivity index (χ1) is 15.1. The number of nitrogen functional groups attached to an aromatic ring is 1. The summed E-state index contributed by atoms with van der Waals surface area (Å²) in [6.07, 6.45) is 2.83. The summed E-state index contributed by atoms with van der Waals surface area (Å²) in [6.45, 7) is 5.00. The topological polar surface area (TPSA) is 89.3 Å². The zero-order valence-corrected chi connectivity index (χ0v) is 18.3.